The van der Waals surface area contributed by atoms with Crippen LogP contribution in [0.15, 0.2) is 47.4 Å². The van der Waals surface area contributed by atoms with Crippen molar-refractivity contribution >= 4 is 28.4 Å². The molecule has 4 aromatic rings. The van der Waals surface area contributed by atoms with Gasteiger partial charge in [0.05, 0.1) is 11.6 Å². The first-order chi connectivity index (χ1) is 18.1. The predicted molar refractivity (Wildman–Crippen MR) is 149 cm³/mol. The molecule has 10 heteroatoms. The van der Waals surface area contributed by atoms with Crippen molar-refractivity contribution < 1.29 is 24.1 Å². The summed E-state index contributed by atoms with van der Waals surface area (Å²) in [5.74, 6) is -0.353. The zero-order chi connectivity index (χ0) is 28.9. The van der Waals surface area contributed by atoms with E-state index in [1.54, 1.807) is 44.4 Å². The van der Waals surface area contributed by atoms with Crippen LogP contribution in [0.2, 0.25) is 5.02 Å². The predicted octanol–water partition coefficient (Wildman–Crippen LogP) is 5.15. The maximum atomic E-state index is 13.9. The van der Waals surface area contributed by atoms with E-state index in [2.05, 4.69) is 10.3 Å². The van der Waals surface area contributed by atoms with E-state index in [0.29, 0.717) is 33.4 Å². The molecule has 0 aliphatic rings. The van der Waals surface area contributed by atoms with E-state index in [0.717, 1.165) is 6.07 Å². The number of aromatic nitrogens is 2. The number of halogens is 2. The van der Waals surface area contributed by atoms with Crippen LogP contribution in [0.4, 0.5) is 4.39 Å². The molecule has 206 valence electrons. The largest absolute Gasteiger partial charge is 0.455 e. The van der Waals surface area contributed by atoms with Crippen LogP contribution < -0.4 is 15.6 Å². The number of H-pyrrole nitrogens is 1. The Balaban J connectivity index is 1.99. The number of hydrogen-bond acceptors (Lipinski definition) is 5. The molecular formula is C29H31ClFN3O5. The first kappa shape index (κ1) is 28.4. The van der Waals surface area contributed by atoms with Crippen molar-refractivity contribution in [2.24, 2.45) is 7.05 Å². The van der Waals surface area contributed by atoms with Gasteiger partial charge in [0.15, 0.2) is 0 Å². The maximum Gasteiger partial charge on any atom is 0.274 e. The summed E-state index contributed by atoms with van der Waals surface area (Å²) in [7, 11) is 1.58. The van der Waals surface area contributed by atoms with Crippen LogP contribution in [-0.4, -0.2) is 37.8 Å². The van der Waals surface area contributed by atoms with Crippen LogP contribution >= 0.6 is 11.6 Å². The Hall–Kier alpha value is -3.66. The van der Waals surface area contributed by atoms with Crippen molar-refractivity contribution in [1.29, 1.82) is 0 Å². The van der Waals surface area contributed by atoms with Crippen molar-refractivity contribution in [1.82, 2.24) is 14.9 Å². The highest BCUT2D eigenvalue weighted by Crippen LogP contribution is 2.42. The summed E-state index contributed by atoms with van der Waals surface area (Å²) >= 11 is 6.31. The molecule has 0 saturated carbocycles. The Labute approximate surface area is 230 Å². The summed E-state index contributed by atoms with van der Waals surface area (Å²) in [6, 6.07) is 8.86. The first-order valence-electron chi connectivity index (χ1n) is 12.3. The minimum atomic E-state index is -1.58. The number of pyridine rings is 1. The number of nitrogens with one attached hydrogen (secondary N) is 2. The van der Waals surface area contributed by atoms with Crippen LogP contribution in [0.25, 0.3) is 22.0 Å². The van der Waals surface area contributed by atoms with Gasteiger partial charge in [-0.3, -0.25) is 9.59 Å². The van der Waals surface area contributed by atoms with Crippen molar-refractivity contribution in [3.05, 3.63) is 80.6 Å². The number of aryl methyl sites for hydroxylation is 2. The van der Waals surface area contributed by atoms with Gasteiger partial charge in [0.2, 0.25) is 0 Å². The van der Waals surface area contributed by atoms with Gasteiger partial charge in [-0.2, -0.15) is 0 Å². The summed E-state index contributed by atoms with van der Waals surface area (Å²) in [6.07, 6.45) is 1.60. The minimum absolute atomic E-state index is 0.0678. The van der Waals surface area contributed by atoms with Crippen molar-refractivity contribution in [2.75, 3.05) is 6.61 Å². The second kappa shape index (κ2) is 10.1. The van der Waals surface area contributed by atoms with Gasteiger partial charge in [-0.25, -0.2) is 4.39 Å². The van der Waals surface area contributed by atoms with Crippen LogP contribution in [0.1, 0.15) is 49.3 Å². The zero-order valence-electron chi connectivity index (χ0n) is 22.6. The molecule has 8 nitrogen and oxygen atoms in total. The van der Waals surface area contributed by atoms with E-state index in [1.807, 2.05) is 20.8 Å². The molecule has 2 heterocycles. The third-order valence-electron chi connectivity index (χ3n) is 6.30. The van der Waals surface area contributed by atoms with Gasteiger partial charge in [-0.1, -0.05) is 17.7 Å². The molecule has 0 saturated heterocycles. The maximum absolute atomic E-state index is 13.9. The van der Waals surface area contributed by atoms with E-state index in [9.17, 15) is 24.2 Å². The fourth-order valence-corrected chi connectivity index (χ4v) is 4.55. The Bertz CT molecular complexity index is 1630. The molecule has 0 bridgehead atoms. The minimum Gasteiger partial charge on any atom is -0.455 e. The normalized spacial score (nSPS) is 13.4. The van der Waals surface area contributed by atoms with Gasteiger partial charge in [-0.05, 0) is 76.1 Å². The Kier molecular flexibility index (Phi) is 7.37. The highest BCUT2D eigenvalue weighted by Gasteiger charge is 2.26. The van der Waals surface area contributed by atoms with Gasteiger partial charge in [0.1, 0.15) is 34.1 Å². The molecule has 4 rings (SSSR count). The SMILES string of the molecule is Cc1cc(F)cc(Cl)c1Oc1ccc(C(C)(O)CO)cc1-c1cn(C)c(=O)c2[nH]c(C(=O)NC(C)(C)C)cc12. The second-order valence-corrected chi connectivity index (χ2v) is 11.3. The third-order valence-corrected chi connectivity index (χ3v) is 6.58. The summed E-state index contributed by atoms with van der Waals surface area (Å²) in [4.78, 5) is 28.9. The smallest absolute Gasteiger partial charge is 0.274 e. The van der Waals surface area contributed by atoms with Gasteiger partial charge >= 0.3 is 0 Å². The number of nitrogens with zero attached hydrogens (tertiary/aromatic N) is 1. The lowest BCUT2D eigenvalue weighted by molar-refractivity contribution is -0.00226. The van der Waals surface area contributed by atoms with Crippen LogP contribution in [0.5, 0.6) is 11.5 Å². The van der Waals surface area contributed by atoms with Crippen LogP contribution in [0.3, 0.4) is 0 Å². The fraction of sp³-hybridized carbons (Fsp3) is 0.310. The Morgan fingerprint density at radius 3 is 2.46 bits per heavy atom. The lowest BCUT2D eigenvalue weighted by Gasteiger charge is -2.23. The van der Waals surface area contributed by atoms with Crippen LogP contribution in [0, 0.1) is 12.7 Å². The highest BCUT2D eigenvalue weighted by atomic mass is 35.5. The summed E-state index contributed by atoms with van der Waals surface area (Å²) in [5.41, 5.74) is -0.210. The number of aromatic amines is 1. The molecule has 1 unspecified atom stereocenters. The fourth-order valence-electron chi connectivity index (χ4n) is 4.26. The summed E-state index contributed by atoms with van der Waals surface area (Å²) in [5, 5.41) is 24.0. The third kappa shape index (κ3) is 5.71. The molecule has 0 fully saturated rings. The van der Waals surface area contributed by atoms with Gasteiger partial charge in [-0.15, -0.1) is 0 Å². The molecule has 0 radical (unpaired) electrons. The molecule has 1 atom stereocenters. The average molecular weight is 556 g/mol. The molecule has 1 amide bonds. The lowest BCUT2D eigenvalue weighted by Crippen LogP contribution is -2.40. The molecule has 0 aliphatic carbocycles. The number of rotatable bonds is 6. The van der Waals surface area contributed by atoms with Crippen molar-refractivity contribution in [3.63, 3.8) is 0 Å². The Morgan fingerprint density at radius 2 is 1.85 bits per heavy atom. The molecule has 2 aromatic heterocycles. The quantitative estimate of drug-likeness (QED) is 0.262. The molecule has 2 aromatic carbocycles. The summed E-state index contributed by atoms with van der Waals surface area (Å²) < 4.78 is 21.5. The van der Waals surface area contributed by atoms with E-state index in [4.69, 9.17) is 16.3 Å². The monoisotopic (exact) mass is 555 g/mol. The lowest BCUT2D eigenvalue weighted by atomic mass is 9.92. The number of fused-ring (bicyclic) bond motifs is 1. The number of benzene rings is 2. The molecule has 39 heavy (non-hydrogen) atoms. The van der Waals surface area contributed by atoms with E-state index in [1.165, 1.54) is 17.6 Å². The topological polar surface area (TPSA) is 117 Å². The average Bonchev–Trinajstić information content (AvgIpc) is 3.29. The van der Waals surface area contributed by atoms with Crippen molar-refractivity contribution in [3.8, 4) is 22.6 Å². The number of ether oxygens (including phenoxy) is 1. The van der Waals surface area contributed by atoms with Crippen molar-refractivity contribution in [2.45, 2.75) is 45.8 Å². The zero-order valence-corrected chi connectivity index (χ0v) is 23.3. The number of aliphatic hydroxyl groups is 2. The second-order valence-electron chi connectivity index (χ2n) is 10.9. The highest BCUT2D eigenvalue weighted by molar-refractivity contribution is 6.32. The van der Waals surface area contributed by atoms with Gasteiger partial charge in [0, 0.05) is 35.3 Å². The standard InChI is InChI=1S/C29H31ClFN3O5/c1-15-9-17(31)11-21(30)25(15)39-23-8-7-16(29(5,38)14-35)10-18(23)20-13-34(6)27(37)24-19(20)12-22(32-24)26(36)33-28(2,3)4/h7-13,32,35,38H,14H2,1-6H3,(H,33,36). The van der Waals surface area contributed by atoms with E-state index in [-0.39, 0.29) is 33.4 Å². The number of carbonyl (C=O) groups is 1. The molecule has 0 spiro atoms. The first-order valence-corrected chi connectivity index (χ1v) is 12.7. The summed E-state index contributed by atoms with van der Waals surface area (Å²) in [6.45, 7) is 8.13. The van der Waals surface area contributed by atoms with Crippen LogP contribution in [-0.2, 0) is 12.6 Å². The Morgan fingerprint density at radius 1 is 1.15 bits per heavy atom. The van der Waals surface area contributed by atoms with E-state index < -0.39 is 23.6 Å². The van der Waals surface area contributed by atoms with E-state index >= 15 is 0 Å². The van der Waals surface area contributed by atoms with Gasteiger partial charge in [0.25, 0.3) is 11.5 Å². The number of aliphatic hydroxyl groups excluding tert-OH is 1. The number of carbonyl (C=O) groups excluding carboxylic acids is 1. The molecular weight excluding hydrogens is 525 g/mol. The number of hydrogen-bond donors (Lipinski definition) is 4. The molecule has 0 aliphatic heterocycles. The van der Waals surface area contributed by atoms with Gasteiger partial charge < -0.3 is 29.8 Å². The molecule has 4 N–H and O–H groups in total. The number of amides is 1.